The number of nitrogens with one attached hydrogen (secondary N) is 1. The minimum Gasteiger partial charge on any atom is -0.462 e. The minimum atomic E-state index is -0.384. The zero-order chi connectivity index (χ0) is 18.0. The molecule has 0 bridgehead atoms. The van der Waals surface area contributed by atoms with Crippen LogP contribution in [0.3, 0.4) is 0 Å². The first-order chi connectivity index (χ1) is 12.0. The molecule has 25 heavy (non-hydrogen) atoms. The van der Waals surface area contributed by atoms with Gasteiger partial charge in [-0.25, -0.2) is 4.79 Å². The van der Waals surface area contributed by atoms with Crippen LogP contribution in [0.15, 0.2) is 18.2 Å². The molecule has 0 aliphatic heterocycles. The summed E-state index contributed by atoms with van der Waals surface area (Å²) in [7, 11) is 0. The van der Waals surface area contributed by atoms with Gasteiger partial charge in [-0.3, -0.25) is 4.79 Å². The fourth-order valence-corrected chi connectivity index (χ4v) is 4.26. The van der Waals surface area contributed by atoms with Crippen LogP contribution in [0.2, 0.25) is 0 Å². The molecule has 2 aromatic rings. The molecule has 0 radical (unpaired) electrons. The van der Waals surface area contributed by atoms with Crippen molar-refractivity contribution in [2.24, 2.45) is 0 Å². The number of benzene rings is 1. The second kappa shape index (κ2) is 7.40. The van der Waals surface area contributed by atoms with E-state index < -0.39 is 0 Å². The Morgan fingerprint density at radius 3 is 2.60 bits per heavy atom. The van der Waals surface area contributed by atoms with Crippen molar-refractivity contribution in [3.63, 3.8) is 0 Å². The molecule has 1 N–H and O–H groups in total. The van der Waals surface area contributed by atoms with Gasteiger partial charge < -0.3 is 10.1 Å². The third-order valence-corrected chi connectivity index (χ3v) is 5.83. The van der Waals surface area contributed by atoms with E-state index >= 15 is 0 Å². The topological polar surface area (TPSA) is 55.4 Å². The number of fused-ring (bicyclic) bond motifs is 1. The Kier molecular flexibility index (Phi) is 5.23. The van der Waals surface area contributed by atoms with Crippen LogP contribution < -0.4 is 5.32 Å². The van der Waals surface area contributed by atoms with Crippen LogP contribution in [0, 0.1) is 13.8 Å². The number of aryl methyl sites for hydroxylation is 3. The maximum Gasteiger partial charge on any atom is 0.341 e. The molecule has 1 aliphatic carbocycles. The van der Waals surface area contributed by atoms with Gasteiger partial charge in [-0.2, -0.15) is 0 Å². The van der Waals surface area contributed by atoms with E-state index in [2.05, 4.69) is 11.4 Å². The zero-order valence-electron chi connectivity index (χ0n) is 14.9. The third kappa shape index (κ3) is 3.61. The highest BCUT2D eigenvalue weighted by Gasteiger charge is 2.22. The first-order valence-electron chi connectivity index (χ1n) is 8.71. The number of amides is 1. The fraction of sp³-hybridized carbons (Fsp3) is 0.400. The maximum absolute atomic E-state index is 12.7. The Labute approximate surface area is 152 Å². The van der Waals surface area contributed by atoms with Crippen molar-refractivity contribution in [3.8, 4) is 0 Å². The molecule has 132 valence electrons. The van der Waals surface area contributed by atoms with Gasteiger partial charge in [-0.1, -0.05) is 6.07 Å². The molecule has 0 spiro atoms. The molecule has 4 nitrogen and oxygen atoms in total. The van der Waals surface area contributed by atoms with Gasteiger partial charge >= 0.3 is 5.97 Å². The lowest BCUT2D eigenvalue weighted by atomic mass is 9.90. The summed E-state index contributed by atoms with van der Waals surface area (Å²) in [5, 5.41) is 3.48. The Morgan fingerprint density at radius 1 is 1.16 bits per heavy atom. The van der Waals surface area contributed by atoms with Crippen molar-refractivity contribution in [2.45, 2.75) is 46.5 Å². The van der Waals surface area contributed by atoms with Gasteiger partial charge in [0.05, 0.1) is 12.2 Å². The molecule has 1 amide bonds. The largest absolute Gasteiger partial charge is 0.462 e. The van der Waals surface area contributed by atoms with Crippen molar-refractivity contribution in [2.75, 3.05) is 11.9 Å². The van der Waals surface area contributed by atoms with Crippen LogP contribution in [0.25, 0.3) is 0 Å². The summed E-state index contributed by atoms with van der Waals surface area (Å²) in [6.07, 6.45) is 4.51. The van der Waals surface area contributed by atoms with Crippen LogP contribution in [-0.2, 0) is 17.6 Å². The molecule has 5 heteroatoms. The first-order valence-corrected chi connectivity index (χ1v) is 9.53. The molecule has 0 atom stereocenters. The van der Waals surface area contributed by atoms with Crippen LogP contribution >= 0.6 is 11.3 Å². The van der Waals surface area contributed by atoms with Gasteiger partial charge in [-0.15, -0.1) is 11.3 Å². The van der Waals surface area contributed by atoms with E-state index in [1.54, 1.807) is 6.92 Å². The summed E-state index contributed by atoms with van der Waals surface area (Å²) in [5.74, 6) is -0.565. The summed E-state index contributed by atoms with van der Waals surface area (Å²) in [6.45, 7) is 5.91. The van der Waals surface area contributed by atoms with E-state index in [9.17, 15) is 9.59 Å². The van der Waals surface area contributed by atoms with Gasteiger partial charge in [0, 0.05) is 10.4 Å². The summed E-state index contributed by atoms with van der Waals surface area (Å²) in [6, 6.07) is 5.92. The highest BCUT2D eigenvalue weighted by molar-refractivity contribution is 7.16. The van der Waals surface area contributed by atoms with E-state index in [0.29, 0.717) is 22.7 Å². The smallest absolute Gasteiger partial charge is 0.341 e. The SMILES string of the molecule is CCOC(=O)c1c(NC(=O)c2ccc3c(c2)CCCC3)sc(C)c1C. The average Bonchev–Trinajstić information content (AvgIpc) is 2.88. The van der Waals surface area contributed by atoms with Gasteiger partial charge in [0.2, 0.25) is 0 Å². The quantitative estimate of drug-likeness (QED) is 0.809. The third-order valence-electron chi connectivity index (χ3n) is 4.70. The molecule has 1 heterocycles. The summed E-state index contributed by atoms with van der Waals surface area (Å²) < 4.78 is 5.14. The molecule has 1 aliphatic rings. The van der Waals surface area contributed by atoms with Crippen LogP contribution in [0.5, 0.6) is 0 Å². The monoisotopic (exact) mass is 357 g/mol. The number of hydrogen-bond acceptors (Lipinski definition) is 4. The summed E-state index contributed by atoms with van der Waals surface area (Å²) in [4.78, 5) is 25.9. The predicted molar refractivity (Wildman–Crippen MR) is 101 cm³/mol. The molecule has 1 aromatic carbocycles. The number of thiophene rings is 1. The standard InChI is InChI=1S/C20H23NO3S/c1-4-24-20(23)17-12(2)13(3)25-19(17)21-18(22)16-10-9-14-7-5-6-8-15(14)11-16/h9-11H,4-8H2,1-3H3,(H,21,22). The van der Waals surface area contributed by atoms with Crippen molar-refractivity contribution in [1.29, 1.82) is 0 Å². The molecular formula is C20H23NO3S. The molecule has 1 aromatic heterocycles. The highest BCUT2D eigenvalue weighted by Crippen LogP contribution is 2.33. The van der Waals surface area contributed by atoms with E-state index in [1.165, 1.54) is 35.3 Å². The second-order valence-electron chi connectivity index (χ2n) is 6.35. The number of carbonyl (C=O) groups is 2. The lowest BCUT2D eigenvalue weighted by Gasteiger charge is -2.16. The number of carbonyl (C=O) groups excluding carboxylic acids is 2. The van der Waals surface area contributed by atoms with E-state index in [-0.39, 0.29) is 11.9 Å². The predicted octanol–water partition coefficient (Wildman–Crippen LogP) is 4.67. The van der Waals surface area contributed by atoms with Gasteiger partial charge in [0.1, 0.15) is 5.00 Å². The second-order valence-corrected chi connectivity index (χ2v) is 7.58. The molecule has 0 saturated carbocycles. The van der Waals surface area contributed by atoms with Crippen LogP contribution in [0.1, 0.15) is 62.0 Å². The Morgan fingerprint density at radius 2 is 1.88 bits per heavy atom. The Bertz CT molecular complexity index is 823. The number of ether oxygens (including phenoxy) is 1. The minimum absolute atomic E-state index is 0.180. The highest BCUT2D eigenvalue weighted by atomic mass is 32.1. The molecular weight excluding hydrogens is 334 g/mol. The van der Waals surface area contributed by atoms with Gasteiger partial charge in [-0.05, 0) is 75.3 Å². The molecule has 0 saturated heterocycles. The number of hydrogen-bond donors (Lipinski definition) is 1. The number of rotatable bonds is 4. The normalized spacial score (nSPS) is 13.2. The van der Waals surface area contributed by atoms with Crippen molar-refractivity contribution in [1.82, 2.24) is 0 Å². The average molecular weight is 357 g/mol. The number of anilines is 1. The van der Waals surface area contributed by atoms with Crippen molar-refractivity contribution >= 4 is 28.2 Å². The van der Waals surface area contributed by atoms with Gasteiger partial charge in [0.25, 0.3) is 5.91 Å². The fourth-order valence-electron chi connectivity index (χ4n) is 3.21. The van der Waals surface area contributed by atoms with E-state index in [1.807, 2.05) is 26.0 Å². The molecule has 0 fully saturated rings. The zero-order valence-corrected chi connectivity index (χ0v) is 15.7. The summed E-state index contributed by atoms with van der Waals surface area (Å²) in [5.41, 5.74) is 4.58. The van der Waals surface area contributed by atoms with Crippen LogP contribution in [-0.4, -0.2) is 18.5 Å². The van der Waals surface area contributed by atoms with Crippen molar-refractivity contribution in [3.05, 3.63) is 50.9 Å². The Balaban J connectivity index is 1.86. The maximum atomic E-state index is 12.7. The Hall–Kier alpha value is -2.14. The summed E-state index contributed by atoms with van der Waals surface area (Å²) >= 11 is 1.41. The first kappa shape index (κ1) is 17.7. The van der Waals surface area contributed by atoms with E-state index in [4.69, 9.17) is 4.74 Å². The molecule has 3 rings (SSSR count). The lowest BCUT2D eigenvalue weighted by molar-refractivity contribution is 0.0527. The molecule has 0 unspecified atom stereocenters. The van der Waals surface area contributed by atoms with E-state index in [0.717, 1.165) is 23.3 Å². The lowest BCUT2D eigenvalue weighted by Crippen LogP contribution is -2.16. The number of esters is 1. The van der Waals surface area contributed by atoms with Crippen LogP contribution in [0.4, 0.5) is 5.00 Å². The van der Waals surface area contributed by atoms with Crippen molar-refractivity contribution < 1.29 is 14.3 Å². The van der Waals surface area contributed by atoms with Gasteiger partial charge in [0.15, 0.2) is 0 Å².